The van der Waals surface area contributed by atoms with Gasteiger partial charge in [0.2, 0.25) is 0 Å². The third-order valence-corrected chi connectivity index (χ3v) is 3.63. The fourth-order valence-corrected chi connectivity index (χ4v) is 2.29. The van der Waals surface area contributed by atoms with Crippen LogP contribution in [0.3, 0.4) is 0 Å². The fraction of sp³-hybridized carbons (Fsp3) is 0.600. The number of benzene rings is 1. The number of aryl methyl sites for hydroxylation is 2. The van der Waals surface area contributed by atoms with Gasteiger partial charge in [-0.1, -0.05) is 12.5 Å². The van der Waals surface area contributed by atoms with Gasteiger partial charge in [-0.15, -0.1) is 0 Å². The molecule has 1 fully saturated rings. The van der Waals surface area contributed by atoms with Gasteiger partial charge in [0.25, 0.3) is 0 Å². The lowest BCUT2D eigenvalue weighted by molar-refractivity contribution is 0.268. The van der Waals surface area contributed by atoms with Crippen LogP contribution in [0.5, 0.6) is 5.75 Å². The molecular weight excluding hydrogens is 210 g/mol. The minimum atomic E-state index is 0.662. The second-order valence-electron chi connectivity index (χ2n) is 5.03. The number of hydrogen-bond acceptors (Lipinski definition) is 2. The van der Waals surface area contributed by atoms with E-state index in [0.717, 1.165) is 18.8 Å². The van der Waals surface area contributed by atoms with Gasteiger partial charge in [0.05, 0.1) is 6.61 Å². The molecule has 17 heavy (non-hydrogen) atoms. The van der Waals surface area contributed by atoms with Gasteiger partial charge in [-0.05, 0) is 62.9 Å². The monoisotopic (exact) mass is 233 g/mol. The Morgan fingerprint density at radius 1 is 1.24 bits per heavy atom. The van der Waals surface area contributed by atoms with Crippen LogP contribution >= 0.6 is 0 Å². The van der Waals surface area contributed by atoms with Crippen LogP contribution < -0.4 is 10.1 Å². The van der Waals surface area contributed by atoms with E-state index in [9.17, 15) is 0 Å². The smallest absolute Gasteiger partial charge is 0.119 e. The SMILES string of the molecule is Cc1ccc(OCC[C@@H]2CCCCN2)cc1C. The Hall–Kier alpha value is -1.02. The van der Waals surface area contributed by atoms with Gasteiger partial charge < -0.3 is 10.1 Å². The quantitative estimate of drug-likeness (QED) is 0.862. The van der Waals surface area contributed by atoms with Crippen molar-refractivity contribution in [2.45, 2.75) is 45.6 Å². The van der Waals surface area contributed by atoms with Crippen LogP contribution in [0.4, 0.5) is 0 Å². The Bertz CT molecular complexity index is 356. The van der Waals surface area contributed by atoms with Crippen molar-refractivity contribution in [1.29, 1.82) is 0 Å². The van der Waals surface area contributed by atoms with E-state index in [1.807, 2.05) is 0 Å². The molecule has 2 heteroatoms. The van der Waals surface area contributed by atoms with Gasteiger partial charge in [0.1, 0.15) is 5.75 Å². The largest absolute Gasteiger partial charge is 0.494 e. The van der Waals surface area contributed by atoms with Gasteiger partial charge >= 0.3 is 0 Å². The summed E-state index contributed by atoms with van der Waals surface area (Å²) >= 11 is 0. The summed E-state index contributed by atoms with van der Waals surface area (Å²) in [7, 11) is 0. The number of nitrogens with one attached hydrogen (secondary N) is 1. The van der Waals surface area contributed by atoms with E-state index < -0.39 is 0 Å². The van der Waals surface area contributed by atoms with E-state index >= 15 is 0 Å². The molecule has 0 amide bonds. The number of hydrogen-bond donors (Lipinski definition) is 1. The molecule has 2 rings (SSSR count). The molecule has 1 atom stereocenters. The van der Waals surface area contributed by atoms with Crippen molar-refractivity contribution in [3.8, 4) is 5.75 Å². The molecule has 2 nitrogen and oxygen atoms in total. The summed E-state index contributed by atoms with van der Waals surface area (Å²) in [4.78, 5) is 0. The summed E-state index contributed by atoms with van der Waals surface area (Å²) in [6.45, 7) is 6.25. The van der Waals surface area contributed by atoms with Gasteiger partial charge in [-0.25, -0.2) is 0 Å². The van der Waals surface area contributed by atoms with Crippen molar-refractivity contribution in [2.24, 2.45) is 0 Å². The van der Waals surface area contributed by atoms with E-state index in [4.69, 9.17) is 4.74 Å². The molecule has 0 bridgehead atoms. The lowest BCUT2D eigenvalue weighted by Crippen LogP contribution is -2.35. The Labute approximate surface area is 104 Å². The predicted octanol–water partition coefficient (Wildman–Crippen LogP) is 3.21. The van der Waals surface area contributed by atoms with Gasteiger partial charge in [0, 0.05) is 6.04 Å². The topological polar surface area (TPSA) is 21.3 Å². The maximum Gasteiger partial charge on any atom is 0.119 e. The lowest BCUT2D eigenvalue weighted by atomic mass is 10.0. The summed E-state index contributed by atoms with van der Waals surface area (Å²) in [5.41, 5.74) is 2.63. The van der Waals surface area contributed by atoms with Crippen LogP contribution in [0.2, 0.25) is 0 Å². The van der Waals surface area contributed by atoms with Crippen LogP contribution in [0, 0.1) is 13.8 Å². The van der Waals surface area contributed by atoms with Crippen molar-refractivity contribution in [3.63, 3.8) is 0 Å². The Morgan fingerprint density at radius 2 is 2.12 bits per heavy atom. The van der Waals surface area contributed by atoms with Crippen molar-refractivity contribution >= 4 is 0 Å². The molecule has 0 saturated carbocycles. The highest BCUT2D eigenvalue weighted by molar-refractivity contribution is 5.33. The Kier molecular flexibility index (Phi) is 4.43. The fourth-order valence-electron chi connectivity index (χ4n) is 2.29. The average molecular weight is 233 g/mol. The number of rotatable bonds is 4. The second kappa shape index (κ2) is 6.06. The van der Waals surface area contributed by atoms with E-state index in [1.165, 1.54) is 36.9 Å². The molecular formula is C15H23NO. The average Bonchev–Trinajstić information content (AvgIpc) is 2.35. The molecule has 1 aromatic rings. The van der Waals surface area contributed by atoms with E-state index in [2.05, 4.69) is 37.4 Å². The van der Waals surface area contributed by atoms with Crippen LogP contribution in [0.1, 0.15) is 36.8 Å². The zero-order valence-corrected chi connectivity index (χ0v) is 11.0. The third-order valence-electron chi connectivity index (χ3n) is 3.63. The molecule has 0 spiro atoms. The van der Waals surface area contributed by atoms with E-state index in [0.29, 0.717) is 6.04 Å². The second-order valence-corrected chi connectivity index (χ2v) is 5.03. The minimum Gasteiger partial charge on any atom is -0.494 e. The maximum absolute atomic E-state index is 5.80. The maximum atomic E-state index is 5.80. The first-order valence-corrected chi connectivity index (χ1v) is 6.69. The number of piperidine rings is 1. The molecule has 0 radical (unpaired) electrons. The molecule has 0 unspecified atom stereocenters. The first-order chi connectivity index (χ1) is 8.25. The Morgan fingerprint density at radius 3 is 2.82 bits per heavy atom. The van der Waals surface area contributed by atoms with Crippen molar-refractivity contribution < 1.29 is 4.74 Å². The summed E-state index contributed by atoms with van der Waals surface area (Å²) < 4.78 is 5.80. The van der Waals surface area contributed by atoms with Crippen LogP contribution in [0.25, 0.3) is 0 Å². The molecule has 1 aliphatic rings. The highest BCUT2D eigenvalue weighted by atomic mass is 16.5. The molecule has 0 aromatic heterocycles. The normalized spacial score (nSPS) is 20.2. The first-order valence-electron chi connectivity index (χ1n) is 6.69. The van der Waals surface area contributed by atoms with Gasteiger partial charge in [-0.2, -0.15) is 0 Å². The Balaban J connectivity index is 1.75. The molecule has 0 aliphatic carbocycles. The summed E-state index contributed by atoms with van der Waals surface area (Å²) in [5, 5.41) is 3.55. The molecule has 1 heterocycles. The molecule has 1 aliphatic heterocycles. The highest BCUT2D eigenvalue weighted by Crippen LogP contribution is 2.17. The van der Waals surface area contributed by atoms with Crippen molar-refractivity contribution in [3.05, 3.63) is 29.3 Å². The summed E-state index contributed by atoms with van der Waals surface area (Å²) in [6, 6.07) is 6.99. The standard InChI is InChI=1S/C15H23NO/c1-12-6-7-15(11-13(12)2)17-10-8-14-5-3-4-9-16-14/h6-7,11,14,16H,3-5,8-10H2,1-2H3/t14-/m0/s1. The number of ether oxygens (including phenoxy) is 1. The van der Waals surface area contributed by atoms with Crippen LogP contribution in [-0.2, 0) is 0 Å². The minimum absolute atomic E-state index is 0.662. The first kappa shape index (κ1) is 12.4. The van der Waals surface area contributed by atoms with Crippen LogP contribution in [-0.4, -0.2) is 19.2 Å². The van der Waals surface area contributed by atoms with Gasteiger partial charge in [0.15, 0.2) is 0 Å². The molecule has 94 valence electrons. The summed E-state index contributed by atoms with van der Waals surface area (Å²) in [6.07, 6.45) is 5.11. The predicted molar refractivity (Wildman–Crippen MR) is 71.7 cm³/mol. The van der Waals surface area contributed by atoms with Crippen LogP contribution in [0.15, 0.2) is 18.2 Å². The van der Waals surface area contributed by atoms with Gasteiger partial charge in [-0.3, -0.25) is 0 Å². The lowest BCUT2D eigenvalue weighted by Gasteiger charge is -2.23. The highest BCUT2D eigenvalue weighted by Gasteiger charge is 2.11. The summed E-state index contributed by atoms with van der Waals surface area (Å²) in [5.74, 6) is 1.00. The van der Waals surface area contributed by atoms with Crippen molar-refractivity contribution in [2.75, 3.05) is 13.2 Å². The van der Waals surface area contributed by atoms with Crippen molar-refractivity contribution in [1.82, 2.24) is 5.32 Å². The van der Waals surface area contributed by atoms with E-state index in [1.54, 1.807) is 0 Å². The molecule has 1 N–H and O–H groups in total. The van der Waals surface area contributed by atoms with E-state index in [-0.39, 0.29) is 0 Å². The molecule has 1 saturated heterocycles. The molecule has 1 aromatic carbocycles. The zero-order valence-electron chi connectivity index (χ0n) is 11.0. The third kappa shape index (κ3) is 3.74. The zero-order chi connectivity index (χ0) is 12.1.